The van der Waals surface area contributed by atoms with Crippen LogP contribution in [0.1, 0.15) is 36.0 Å². The Balaban J connectivity index is 1.50. The summed E-state index contributed by atoms with van der Waals surface area (Å²) in [6.45, 7) is 1.13. The molecule has 29 heavy (non-hydrogen) atoms. The maximum Gasteiger partial charge on any atom is 0.404 e. The van der Waals surface area contributed by atoms with E-state index in [4.69, 9.17) is 9.84 Å². The standard InChI is InChI=1S/C21H26N4O4/c1-29-19-7-6-17(13-23-19)18-10-16(8-9-22-18)20(26)24-11-14-2-4-15(5-3-14)12-25-21(27)28/h6-10,13-15,25H,2-5,11-12H2,1H3,(H,24,26)(H,27,28). The van der Waals surface area contributed by atoms with E-state index in [9.17, 15) is 9.59 Å². The lowest BCUT2D eigenvalue weighted by atomic mass is 9.82. The number of nitrogens with one attached hydrogen (secondary N) is 2. The third kappa shape index (κ3) is 5.91. The number of aromatic nitrogens is 2. The van der Waals surface area contributed by atoms with Gasteiger partial charge >= 0.3 is 6.09 Å². The molecule has 0 aliphatic heterocycles. The normalized spacial score (nSPS) is 18.7. The lowest BCUT2D eigenvalue weighted by Gasteiger charge is -2.28. The second-order valence-corrected chi connectivity index (χ2v) is 7.30. The van der Waals surface area contributed by atoms with Crippen molar-refractivity contribution in [2.75, 3.05) is 20.2 Å². The van der Waals surface area contributed by atoms with Crippen LogP contribution >= 0.6 is 0 Å². The summed E-state index contributed by atoms with van der Waals surface area (Å²) in [5.74, 6) is 1.21. The molecule has 0 radical (unpaired) electrons. The Morgan fingerprint density at radius 3 is 2.34 bits per heavy atom. The van der Waals surface area contributed by atoms with Gasteiger partial charge in [-0.3, -0.25) is 9.78 Å². The summed E-state index contributed by atoms with van der Waals surface area (Å²) in [7, 11) is 1.56. The molecule has 1 aliphatic rings. The third-order valence-corrected chi connectivity index (χ3v) is 5.32. The Morgan fingerprint density at radius 1 is 1.07 bits per heavy atom. The number of nitrogens with zero attached hydrogens (tertiary/aromatic N) is 2. The molecule has 1 fully saturated rings. The summed E-state index contributed by atoms with van der Waals surface area (Å²) in [4.78, 5) is 31.7. The molecule has 2 aromatic rings. The average Bonchev–Trinajstić information content (AvgIpc) is 2.77. The molecule has 1 saturated carbocycles. The van der Waals surface area contributed by atoms with Crippen LogP contribution in [0.2, 0.25) is 0 Å². The Morgan fingerprint density at radius 2 is 1.76 bits per heavy atom. The van der Waals surface area contributed by atoms with Crippen molar-refractivity contribution in [3.05, 3.63) is 42.2 Å². The fourth-order valence-corrected chi connectivity index (χ4v) is 3.59. The van der Waals surface area contributed by atoms with Gasteiger partial charge in [0.2, 0.25) is 5.88 Å². The molecule has 2 amide bonds. The highest BCUT2D eigenvalue weighted by Gasteiger charge is 2.22. The predicted molar refractivity (Wildman–Crippen MR) is 108 cm³/mol. The minimum atomic E-state index is -0.971. The lowest BCUT2D eigenvalue weighted by molar-refractivity contribution is 0.0940. The number of pyridine rings is 2. The van der Waals surface area contributed by atoms with E-state index in [1.807, 2.05) is 6.07 Å². The van der Waals surface area contributed by atoms with Crippen molar-refractivity contribution in [2.45, 2.75) is 25.7 Å². The highest BCUT2D eigenvalue weighted by Crippen LogP contribution is 2.28. The van der Waals surface area contributed by atoms with Crippen LogP contribution in [0, 0.1) is 11.8 Å². The zero-order valence-corrected chi connectivity index (χ0v) is 16.4. The van der Waals surface area contributed by atoms with Gasteiger partial charge in [-0.1, -0.05) is 0 Å². The number of carboxylic acid groups (broad SMARTS) is 1. The molecule has 8 nitrogen and oxygen atoms in total. The first-order valence-electron chi connectivity index (χ1n) is 9.76. The van der Waals surface area contributed by atoms with Crippen LogP contribution in [0.5, 0.6) is 5.88 Å². The molecular weight excluding hydrogens is 372 g/mol. The van der Waals surface area contributed by atoms with E-state index in [2.05, 4.69) is 20.6 Å². The van der Waals surface area contributed by atoms with E-state index in [-0.39, 0.29) is 5.91 Å². The van der Waals surface area contributed by atoms with Crippen molar-refractivity contribution in [3.8, 4) is 17.1 Å². The molecule has 2 aromatic heterocycles. The number of amides is 2. The number of rotatable bonds is 7. The van der Waals surface area contributed by atoms with Crippen LogP contribution in [0.25, 0.3) is 11.3 Å². The molecule has 3 N–H and O–H groups in total. The third-order valence-electron chi connectivity index (χ3n) is 5.32. The maximum absolute atomic E-state index is 12.6. The Hall–Kier alpha value is -3.16. The Kier molecular flexibility index (Phi) is 6.99. The molecular formula is C21H26N4O4. The molecule has 0 aromatic carbocycles. The summed E-state index contributed by atoms with van der Waals surface area (Å²) in [6.07, 6.45) is 6.25. The molecule has 154 valence electrons. The second-order valence-electron chi connectivity index (χ2n) is 7.30. The molecule has 0 spiro atoms. The zero-order valence-electron chi connectivity index (χ0n) is 16.4. The van der Waals surface area contributed by atoms with Crippen molar-refractivity contribution in [1.29, 1.82) is 0 Å². The summed E-state index contributed by atoms with van der Waals surface area (Å²) < 4.78 is 5.06. The molecule has 0 atom stereocenters. The van der Waals surface area contributed by atoms with Crippen molar-refractivity contribution in [3.63, 3.8) is 0 Å². The van der Waals surface area contributed by atoms with E-state index >= 15 is 0 Å². The topological polar surface area (TPSA) is 113 Å². The molecule has 0 bridgehead atoms. The first-order chi connectivity index (χ1) is 14.0. The SMILES string of the molecule is COc1ccc(-c2cc(C(=O)NCC3CCC(CNC(=O)O)CC3)ccn2)cn1. The molecule has 1 aliphatic carbocycles. The monoisotopic (exact) mass is 398 g/mol. The fraction of sp³-hybridized carbons (Fsp3) is 0.429. The van der Waals surface area contributed by atoms with Crippen LogP contribution in [-0.2, 0) is 0 Å². The average molecular weight is 398 g/mol. The fourth-order valence-electron chi connectivity index (χ4n) is 3.59. The van der Waals surface area contributed by atoms with E-state index in [0.29, 0.717) is 42.1 Å². The van der Waals surface area contributed by atoms with Gasteiger partial charge in [0.15, 0.2) is 0 Å². The van der Waals surface area contributed by atoms with Gasteiger partial charge in [0.25, 0.3) is 5.91 Å². The van der Waals surface area contributed by atoms with E-state index in [1.165, 1.54) is 0 Å². The number of carbonyl (C=O) groups excluding carboxylic acids is 1. The van der Waals surface area contributed by atoms with Gasteiger partial charge in [-0.15, -0.1) is 0 Å². The summed E-state index contributed by atoms with van der Waals surface area (Å²) in [5, 5.41) is 14.2. The second kappa shape index (κ2) is 9.86. The van der Waals surface area contributed by atoms with Crippen molar-refractivity contribution < 1.29 is 19.4 Å². The van der Waals surface area contributed by atoms with Gasteiger partial charge in [0.1, 0.15) is 0 Å². The van der Waals surface area contributed by atoms with E-state index in [0.717, 1.165) is 31.2 Å². The van der Waals surface area contributed by atoms with Gasteiger partial charge in [-0.25, -0.2) is 9.78 Å². The highest BCUT2D eigenvalue weighted by molar-refractivity contribution is 5.95. The van der Waals surface area contributed by atoms with Crippen molar-refractivity contribution in [2.24, 2.45) is 11.8 Å². The number of ether oxygens (including phenoxy) is 1. The largest absolute Gasteiger partial charge is 0.481 e. The maximum atomic E-state index is 12.6. The molecule has 2 heterocycles. The first kappa shape index (κ1) is 20.6. The van der Waals surface area contributed by atoms with Gasteiger partial charge in [0.05, 0.1) is 12.8 Å². The first-order valence-corrected chi connectivity index (χ1v) is 9.76. The quantitative estimate of drug-likeness (QED) is 0.661. The number of hydrogen-bond acceptors (Lipinski definition) is 5. The Labute approximate surface area is 169 Å². The smallest absolute Gasteiger partial charge is 0.404 e. The van der Waals surface area contributed by atoms with Crippen molar-refractivity contribution >= 4 is 12.0 Å². The molecule has 0 saturated heterocycles. The predicted octanol–water partition coefficient (Wildman–Crippen LogP) is 2.96. The molecule has 8 heteroatoms. The van der Waals surface area contributed by atoms with Gasteiger partial charge in [-0.2, -0.15) is 0 Å². The summed E-state index contributed by atoms with van der Waals surface area (Å²) >= 11 is 0. The summed E-state index contributed by atoms with van der Waals surface area (Å²) in [6, 6.07) is 7.07. The molecule has 0 unspecified atom stereocenters. The lowest BCUT2D eigenvalue weighted by Crippen LogP contribution is -2.34. The van der Waals surface area contributed by atoms with E-state index < -0.39 is 6.09 Å². The van der Waals surface area contributed by atoms with Crippen LogP contribution < -0.4 is 15.4 Å². The van der Waals surface area contributed by atoms with Crippen LogP contribution in [-0.4, -0.2) is 47.3 Å². The minimum Gasteiger partial charge on any atom is -0.481 e. The number of hydrogen-bond donors (Lipinski definition) is 3. The highest BCUT2D eigenvalue weighted by atomic mass is 16.5. The zero-order chi connectivity index (χ0) is 20.6. The van der Waals surface area contributed by atoms with Crippen LogP contribution in [0.15, 0.2) is 36.7 Å². The van der Waals surface area contributed by atoms with Gasteiger partial charge < -0.3 is 20.5 Å². The number of methoxy groups -OCH3 is 1. The van der Waals surface area contributed by atoms with Crippen LogP contribution in [0.4, 0.5) is 4.79 Å². The molecule has 3 rings (SSSR count). The van der Waals surface area contributed by atoms with Gasteiger partial charge in [0, 0.05) is 42.7 Å². The van der Waals surface area contributed by atoms with Crippen molar-refractivity contribution in [1.82, 2.24) is 20.6 Å². The number of carbonyl (C=O) groups is 2. The Bertz CT molecular complexity index is 833. The van der Waals surface area contributed by atoms with Crippen LogP contribution in [0.3, 0.4) is 0 Å². The minimum absolute atomic E-state index is 0.121. The van der Waals surface area contributed by atoms with E-state index in [1.54, 1.807) is 37.7 Å². The van der Waals surface area contributed by atoms with Gasteiger partial charge in [-0.05, 0) is 55.7 Å². The summed E-state index contributed by atoms with van der Waals surface area (Å²) in [5.41, 5.74) is 2.05.